The molecule has 3 aliphatic rings. The van der Waals surface area contributed by atoms with Gasteiger partial charge in [-0.15, -0.1) is 0 Å². The molecule has 4 heterocycles. The first-order chi connectivity index (χ1) is 23.5. The minimum absolute atomic E-state index is 0.0601. The molecule has 254 valence electrons. The number of pyridine rings is 1. The Kier molecular flexibility index (Phi) is 8.34. The van der Waals surface area contributed by atoms with E-state index in [0.29, 0.717) is 35.6 Å². The van der Waals surface area contributed by atoms with Crippen molar-refractivity contribution >= 4 is 31.5 Å². The molecule has 0 unspecified atom stereocenters. The number of fused-ring (bicyclic) bond motifs is 3. The lowest BCUT2D eigenvalue weighted by Crippen LogP contribution is -2.48. The number of aromatic nitrogens is 1. The van der Waals surface area contributed by atoms with Crippen molar-refractivity contribution in [2.75, 3.05) is 18.6 Å². The SMILES string of the molecule is COc1cccn(-c2ccc3c(c2)[C@@]2(O[C@H](CC(=O)N4Cc5ccccc5C[C@H]4CO)[C@@H]([Si](C)(C)O)[C@@H]2C)C(=O)N3c2ccccc2)c1=O. The maximum absolute atomic E-state index is 15.0. The monoisotopic (exact) mass is 679 g/mol. The van der Waals surface area contributed by atoms with Crippen LogP contribution in [0.4, 0.5) is 11.4 Å². The van der Waals surface area contributed by atoms with Crippen molar-refractivity contribution < 1.29 is 29.0 Å². The third-order valence-electron chi connectivity index (χ3n) is 10.6. The number of methoxy groups -OCH3 is 1. The summed E-state index contributed by atoms with van der Waals surface area (Å²) in [5, 5.41) is 10.3. The van der Waals surface area contributed by atoms with Gasteiger partial charge in [-0.25, -0.2) is 0 Å². The molecule has 1 aromatic heterocycles. The summed E-state index contributed by atoms with van der Waals surface area (Å²) in [7, 11) is -1.64. The van der Waals surface area contributed by atoms with Gasteiger partial charge in [-0.3, -0.25) is 23.9 Å². The predicted octanol–water partition coefficient (Wildman–Crippen LogP) is 4.66. The van der Waals surface area contributed by atoms with Crippen LogP contribution in [0.5, 0.6) is 5.75 Å². The van der Waals surface area contributed by atoms with Crippen LogP contribution in [-0.4, -0.2) is 65.4 Å². The molecule has 2 N–H and O–H groups in total. The fraction of sp³-hybridized carbons (Fsp3) is 0.342. The lowest BCUT2D eigenvalue weighted by Gasteiger charge is -2.37. The Hall–Kier alpha value is -4.55. The molecule has 3 aromatic carbocycles. The zero-order valence-corrected chi connectivity index (χ0v) is 29.1. The average Bonchev–Trinajstić information content (AvgIpc) is 3.53. The van der Waals surface area contributed by atoms with Gasteiger partial charge in [-0.2, -0.15) is 0 Å². The third-order valence-corrected chi connectivity index (χ3v) is 13.1. The Morgan fingerprint density at radius 2 is 1.69 bits per heavy atom. The largest absolute Gasteiger partial charge is 0.491 e. The minimum Gasteiger partial charge on any atom is -0.491 e. The van der Waals surface area contributed by atoms with Crippen molar-refractivity contribution in [1.29, 1.82) is 0 Å². The van der Waals surface area contributed by atoms with Crippen LogP contribution in [0.1, 0.15) is 30.0 Å². The number of ether oxygens (including phenoxy) is 2. The van der Waals surface area contributed by atoms with Crippen LogP contribution in [0.2, 0.25) is 18.6 Å². The Balaban J connectivity index is 1.33. The number of aliphatic hydroxyl groups is 1. The van der Waals surface area contributed by atoms with E-state index in [-0.39, 0.29) is 42.2 Å². The molecule has 0 bridgehead atoms. The van der Waals surface area contributed by atoms with Crippen molar-refractivity contribution in [2.24, 2.45) is 5.92 Å². The summed E-state index contributed by atoms with van der Waals surface area (Å²) < 4.78 is 13.7. The van der Waals surface area contributed by atoms with E-state index in [9.17, 15) is 24.3 Å². The lowest BCUT2D eigenvalue weighted by molar-refractivity contribution is -0.150. The van der Waals surface area contributed by atoms with Crippen molar-refractivity contribution in [2.45, 2.75) is 62.7 Å². The summed E-state index contributed by atoms with van der Waals surface area (Å²) in [5.74, 6) is -0.855. The standard InChI is InChI=1S/C38H41N3O7Si/c1-24-35(49(3,4)46)33(21-34(43)40-22-26-12-9-8-11-25(26)19-29(40)23-42)48-38(24)30-20-28(39-18-10-15-32(47-2)36(39)44)16-17-31(30)41(37(38)45)27-13-6-5-7-14-27/h5-18,20,24,29,33,35,42,46H,19,21-23H2,1-4H3/t24-,29-,33+,35-,38+/m0/s1. The summed E-state index contributed by atoms with van der Waals surface area (Å²) in [6, 6.07) is 25.6. The molecule has 11 heteroatoms. The Bertz CT molecular complexity index is 1980. The smallest absolute Gasteiger partial charge is 0.297 e. The highest BCUT2D eigenvalue weighted by molar-refractivity contribution is 6.71. The van der Waals surface area contributed by atoms with Crippen LogP contribution in [0.15, 0.2) is 95.9 Å². The molecule has 4 aromatic rings. The first-order valence-corrected chi connectivity index (χ1v) is 19.7. The molecule has 0 saturated carbocycles. The molecule has 0 aliphatic carbocycles. The van der Waals surface area contributed by atoms with E-state index < -0.39 is 31.5 Å². The number of carbonyl (C=O) groups excluding carboxylic acids is 2. The summed E-state index contributed by atoms with van der Waals surface area (Å²) in [6.07, 6.45) is 1.35. The summed E-state index contributed by atoms with van der Waals surface area (Å²) in [4.78, 5) is 57.6. The first kappa shape index (κ1) is 33.0. The number of rotatable bonds is 7. The zero-order chi connectivity index (χ0) is 34.7. The predicted molar refractivity (Wildman–Crippen MR) is 188 cm³/mol. The van der Waals surface area contributed by atoms with E-state index in [1.807, 2.05) is 86.7 Å². The quantitative estimate of drug-likeness (QED) is 0.273. The summed E-state index contributed by atoms with van der Waals surface area (Å²) in [5.41, 5.74) is 2.11. The number of aliphatic hydroxyl groups excluding tert-OH is 1. The van der Waals surface area contributed by atoms with Gasteiger partial charge in [-0.1, -0.05) is 49.4 Å². The molecule has 3 aliphatic heterocycles. The molecule has 10 nitrogen and oxygen atoms in total. The number of para-hydroxylation sites is 1. The molecular weight excluding hydrogens is 639 g/mol. The van der Waals surface area contributed by atoms with Gasteiger partial charge in [-0.05, 0) is 73.1 Å². The van der Waals surface area contributed by atoms with Gasteiger partial charge in [0, 0.05) is 41.1 Å². The van der Waals surface area contributed by atoms with Gasteiger partial charge in [0.15, 0.2) is 19.7 Å². The van der Waals surface area contributed by atoms with Crippen LogP contribution >= 0.6 is 0 Å². The van der Waals surface area contributed by atoms with E-state index >= 15 is 0 Å². The Morgan fingerprint density at radius 3 is 2.39 bits per heavy atom. The van der Waals surface area contributed by atoms with Gasteiger partial charge in [0.25, 0.3) is 11.5 Å². The first-order valence-electron chi connectivity index (χ1n) is 16.7. The number of carbonyl (C=O) groups is 2. The van der Waals surface area contributed by atoms with Gasteiger partial charge in [0.05, 0.1) is 38.0 Å². The second-order valence-electron chi connectivity index (χ2n) is 13.8. The molecule has 1 spiro atoms. The minimum atomic E-state index is -3.08. The number of nitrogens with zero attached hydrogens (tertiary/aromatic N) is 3. The van der Waals surface area contributed by atoms with Crippen molar-refractivity contribution in [3.63, 3.8) is 0 Å². The van der Waals surface area contributed by atoms with Crippen LogP contribution in [0.3, 0.4) is 0 Å². The average molecular weight is 680 g/mol. The lowest BCUT2D eigenvalue weighted by atomic mass is 9.82. The van der Waals surface area contributed by atoms with Crippen LogP contribution in [-0.2, 0) is 32.9 Å². The number of hydrogen-bond acceptors (Lipinski definition) is 7. The van der Waals surface area contributed by atoms with Gasteiger partial charge in [0.1, 0.15) is 0 Å². The molecule has 1 saturated heterocycles. The zero-order valence-electron chi connectivity index (χ0n) is 28.1. The van der Waals surface area contributed by atoms with Crippen LogP contribution < -0.4 is 15.2 Å². The summed E-state index contributed by atoms with van der Waals surface area (Å²) >= 11 is 0. The fourth-order valence-corrected chi connectivity index (χ4v) is 10.9. The highest BCUT2D eigenvalue weighted by atomic mass is 28.4. The Morgan fingerprint density at radius 1 is 0.980 bits per heavy atom. The van der Waals surface area contributed by atoms with Gasteiger partial charge < -0.3 is 24.3 Å². The maximum Gasteiger partial charge on any atom is 0.297 e. The van der Waals surface area contributed by atoms with E-state index in [1.54, 1.807) is 34.2 Å². The molecule has 5 atom stereocenters. The van der Waals surface area contributed by atoms with Crippen LogP contribution in [0.25, 0.3) is 5.69 Å². The summed E-state index contributed by atoms with van der Waals surface area (Å²) in [6.45, 7) is 5.75. The highest BCUT2D eigenvalue weighted by Gasteiger charge is 2.67. The maximum atomic E-state index is 15.0. The van der Waals surface area contributed by atoms with Crippen molar-refractivity contribution in [3.8, 4) is 11.4 Å². The number of hydrogen-bond donors (Lipinski definition) is 2. The topological polar surface area (TPSA) is 122 Å². The van der Waals surface area contributed by atoms with Gasteiger partial charge >= 0.3 is 0 Å². The van der Waals surface area contributed by atoms with E-state index in [1.165, 1.54) is 11.7 Å². The highest BCUT2D eigenvalue weighted by Crippen LogP contribution is 2.61. The van der Waals surface area contributed by atoms with Crippen molar-refractivity contribution in [3.05, 3.63) is 118 Å². The molecule has 2 amide bonds. The Labute approximate surface area is 286 Å². The van der Waals surface area contributed by atoms with Crippen LogP contribution in [0, 0.1) is 5.92 Å². The fourth-order valence-electron chi connectivity index (χ4n) is 8.34. The van der Waals surface area contributed by atoms with Crippen molar-refractivity contribution in [1.82, 2.24) is 9.47 Å². The second-order valence-corrected chi connectivity index (χ2v) is 17.8. The number of benzene rings is 3. The molecule has 0 radical (unpaired) electrons. The molecular formula is C38H41N3O7Si. The van der Waals surface area contributed by atoms with E-state index in [0.717, 1.165) is 11.1 Å². The van der Waals surface area contributed by atoms with E-state index in [4.69, 9.17) is 9.47 Å². The third kappa shape index (κ3) is 5.32. The normalized spacial score (nSPS) is 24.7. The molecule has 49 heavy (non-hydrogen) atoms. The molecule has 7 rings (SSSR count). The van der Waals surface area contributed by atoms with E-state index in [2.05, 4.69) is 0 Å². The second kappa shape index (κ2) is 12.4. The molecule has 1 fully saturated rings. The van der Waals surface area contributed by atoms with Gasteiger partial charge in [0.2, 0.25) is 5.91 Å². The number of amides is 2. The number of anilines is 2.